The molecule has 2 nitrogen and oxygen atoms in total. The van der Waals surface area contributed by atoms with Crippen molar-refractivity contribution in [1.29, 1.82) is 0 Å². The Morgan fingerprint density at radius 3 is 2.67 bits per heavy atom. The van der Waals surface area contributed by atoms with Gasteiger partial charge in [0, 0.05) is 6.07 Å². The normalized spacial score (nSPS) is 9.56. The molecular formula is C6H5ClO2. The van der Waals surface area contributed by atoms with Gasteiger partial charge in [-0.15, -0.1) is 0 Å². The zero-order valence-corrected chi connectivity index (χ0v) is 5.61. The highest BCUT2D eigenvalue weighted by Gasteiger charge is 1.91. The van der Waals surface area contributed by atoms with Gasteiger partial charge in [0.15, 0.2) is 0 Å². The third-order valence-corrected chi connectivity index (χ3v) is 1.08. The molecule has 0 amide bonds. The molecular weight excluding hydrogens is 140 g/mol. The van der Waals surface area contributed by atoms with E-state index in [1.165, 1.54) is 6.07 Å². The van der Waals surface area contributed by atoms with Crippen molar-refractivity contribution >= 4 is 11.6 Å². The molecule has 1 rings (SSSR count). The van der Waals surface area contributed by atoms with E-state index in [0.29, 0.717) is 10.8 Å². The van der Waals surface area contributed by atoms with Crippen LogP contribution in [0.2, 0.25) is 5.02 Å². The Bertz CT molecular complexity index is 241. The molecule has 0 aromatic carbocycles. The molecule has 0 aliphatic carbocycles. The highest BCUT2D eigenvalue weighted by molar-refractivity contribution is 6.30. The van der Waals surface area contributed by atoms with E-state index in [4.69, 9.17) is 11.6 Å². The topological polar surface area (TPSA) is 30.2 Å². The van der Waals surface area contributed by atoms with E-state index in [9.17, 15) is 4.79 Å². The van der Waals surface area contributed by atoms with Crippen LogP contribution < -0.4 is 5.63 Å². The molecule has 0 radical (unpaired) electrons. The lowest BCUT2D eigenvalue weighted by atomic mass is 10.4. The second-order valence-electron chi connectivity index (χ2n) is 1.71. The average molecular weight is 145 g/mol. The molecule has 9 heavy (non-hydrogen) atoms. The first-order chi connectivity index (χ1) is 4.18. The maximum Gasteiger partial charge on any atom is 0.337 e. The van der Waals surface area contributed by atoms with Gasteiger partial charge < -0.3 is 4.42 Å². The molecule has 0 spiro atoms. The van der Waals surface area contributed by atoms with Crippen molar-refractivity contribution in [3.05, 3.63) is 33.3 Å². The first kappa shape index (κ1) is 6.36. The van der Waals surface area contributed by atoms with Crippen molar-refractivity contribution < 1.29 is 4.42 Å². The van der Waals surface area contributed by atoms with Crippen molar-refractivity contribution in [3.8, 4) is 0 Å². The van der Waals surface area contributed by atoms with Gasteiger partial charge in [0.05, 0.1) is 5.02 Å². The summed E-state index contributed by atoms with van der Waals surface area (Å²) in [7, 11) is 0. The quantitative estimate of drug-likeness (QED) is 0.554. The van der Waals surface area contributed by atoms with Crippen LogP contribution in [-0.4, -0.2) is 0 Å². The molecule has 48 valence electrons. The minimum atomic E-state index is -0.403. The van der Waals surface area contributed by atoms with Gasteiger partial charge in [-0.2, -0.15) is 0 Å². The zero-order chi connectivity index (χ0) is 6.85. The predicted molar refractivity (Wildman–Crippen MR) is 34.7 cm³/mol. The van der Waals surface area contributed by atoms with Gasteiger partial charge in [-0.1, -0.05) is 11.6 Å². The van der Waals surface area contributed by atoms with Crippen molar-refractivity contribution in [3.63, 3.8) is 0 Å². The summed E-state index contributed by atoms with van der Waals surface area (Å²) < 4.78 is 4.62. The van der Waals surface area contributed by atoms with Gasteiger partial charge in [0.2, 0.25) is 0 Å². The molecule has 3 heteroatoms. The molecule has 1 aromatic rings. The van der Waals surface area contributed by atoms with Gasteiger partial charge in [-0.25, -0.2) is 4.79 Å². The Labute approximate surface area is 57.1 Å². The van der Waals surface area contributed by atoms with Crippen LogP contribution in [0.4, 0.5) is 0 Å². The van der Waals surface area contributed by atoms with Crippen LogP contribution in [0.5, 0.6) is 0 Å². The molecule has 0 aliphatic heterocycles. The molecule has 0 saturated carbocycles. The van der Waals surface area contributed by atoms with Crippen LogP contribution in [0.25, 0.3) is 0 Å². The number of rotatable bonds is 0. The van der Waals surface area contributed by atoms with E-state index < -0.39 is 5.63 Å². The van der Waals surface area contributed by atoms with Crippen LogP contribution >= 0.6 is 11.6 Å². The Balaban J connectivity index is 3.33. The van der Waals surface area contributed by atoms with E-state index in [1.54, 1.807) is 13.0 Å². The summed E-state index contributed by atoms with van der Waals surface area (Å²) in [5.74, 6) is 0.535. The third kappa shape index (κ3) is 1.57. The van der Waals surface area contributed by atoms with E-state index in [-0.39, 0.29) is 0 Å². The van der Waals surface area contributed by atoms with Crippen molar-refractivity contribution in [2.45, 2.75) is 6.92 Å². The van der Waals surface area contributed by atoms with Crippen LogP contribution in [0.15, 0.2) is 21.3 Å². The number of hydrogen-bond donors (Lipinski definition) is 0. The van der Waals surface area contributed by atoms with E-state index in [2.05, 4.69) is 4.42 Å². The van der Waals surface area contributed by atoms with Crippen molar-refractivity contribution in [1.82, 2.24) is 0 Å². The van der Waals surface area contributed by atoms with Crippen molar-refractivity contribution in [2.24, 2.45) is 0 Å². The van der Waals surface area contributed by atoms with Crippen LogP contribution in [0, 0.1) is 6.92 Å². The fraction of sp³-hybridized carbons (Fsp3) is 0.167. The lowest BCUT2D eigenvalue weighted by molar-refractivity contribution is 0.480. The van der Waals surface area contributed by atoms with Crippen LogP contribution in [0.1, 0.15) is 5.76 Å². The standard InChI is InChI=1S/C6H5ClO2/c1-4-2-5(7)3-6(8)9-4/h2-3H,1H3. The fourth-order valence-electron chi connectivity index (χ4n) is 0.566. The van der Waals surface area contributed by atoms with E-state index in [1.807, 2.05) is 0 Å². The average Bonchev–Trinajstić information content (AvgIpc) is 1.59. The van der Waals surface area contributed by atoms with Crippen LogP contribution in [0.3, 0.4) is 0 Å². The minimum Gasteiger partial charge on any atom is -0.428 e. The molecule has 0 aliphatic rings. The predicted octanol–water partition coefficient (Wildman–Crippen LogP) is 1.60. The maximum absolute atomic E-state index is 10.5. The van der Waals surface area contributed by atoms with Gasteiger partial charge in [-0.05, 0) is 13.0 Å². The Morgan fingerprint density at radius 1 is 1.56 bits per heavy atom. The Morgan fingerprint density at radius 2 is 2.22 bits per heavy atom. The lowest BCUT2D eigenvalue weighted by Crippen LogP contribution is -1.95. The van der Waals surface area contributed by atoms with E-state index in [0.717, 1.165) is 0 Å². The summed E-state index contributed by atoms with van der Waals surface area (Å²) >= 11 is 5.49. The minimum absolute atomic E-state index is 0.403. The summed E-state index contributed by atoms with van der Waals surface area (Å²) in [5.41, 5.74) is -0.403. The highest BCUT2D eigenvalue weighted by Crippen LogP contribution is 2.05. The summed E-state index contributed by atoms with van der Waals surface area (Å²) in [4.78, 5) is 10.5. The summed E-state index contributed by atoms with van der Waals surface area (Å²) in [6.45, 7) is 1.67. The molecule has 0 N–H and O–H groups in total. The second kappa shape index (κ2) is 2.23. The molecule has 0 unspecified atom stereocenters. The van der Waals surface area contributed by atoms with E-state index >= 15 is 0 Å². The van der Waals surface area contributed by atoms with Gasteiger partial charge in [0.25, 0.3) is 0 Å². The van der Waals surface area contributed by atoms with Gasteiger partial charge in [0.1, 0.15) is 5.76 Å². The second-order valence-corrected chi connectivity index (χ2v) is 2.14. The maximum atomic E-state index is 10.5. The summed E-state index contributed by atoms with van der Waals surface area (Å²) in [6, 6.07) is 2.82. The molecule has 0 fully saturated rings. The first-order valence-corrected chi connectivity index (χ1v) is 2.83. The third-order valence-electron chi connectivity index (χ3n) is 0.858. The van der Waals surface area contributed by atoms with Gasteiger partial charge in [-0.3, -0.25) is 0 Å². The number of hydrogen-bond acceptors (Lipinski definition) is 2. The van der Waals surface area contributed by atoms with Crippen molar-refractivity contribution in [2.75, 3.05) is 0 Å². The molecule has 1 heterocycles. The molecule has 0 saturated heterocycles. The molecule has 0 atom stereocenters. The smallest absolute Gasteiger partial charge is 0.337 e. The zero-order valence-electron chi connectivity index (χ0n) is 4.85. The number of halogens is 1. The SMILES string of the molecule is Cc1cc(Cl)cc(=O)o1. The Kier molecular flexibility index (Phi) is 1.58. The summed E-state index contributed by atoms with van der Waals surface area (Å²) in [6.07, 6.45) is 0. The number of aryl methyl sites for hydroxylation is 1. The highest BCUT2D eigenvalue weighted by atomic mass is 35.5. The monoisotopic (exact) mass is 144 g/mol. The lowest BCUT2D eigenvalue weighted by Gasteiger charge is -1.88. The first-order valence-electron chi connectivity index (χ1n) is 2.46. The summed E-state index contributed by atoms with van der Waals surface area (Å²) in [5, 5.41) is 0.420. The van der Waals surface area contributed by atoms with Crippen LogP contribution in [-0.2, 0) is 0 Å². The molecule has 0 bridgehead atoms. The fourth-order valence-corrected chi connectivity index (χ4v) is 0.809. The van der Waals surface area contributed by atoms with Gasteiger partial charge >= 0.3 is 5.63 Å². The molecule has 1 aromatic heterocycles. The largest absolute Gasteiger partial charge is 0.428 e. The Hall–Kier alpha value is -0.760.